The third-order valence-electron chi connectivity index (χ3n) is 5.32. The number of aromatic amines is 1. The first-order valence-corrected chi connectivity index (χ1v) is 12.4. The summed E-state index contributed by atoms with van der Waals surface area (Å²) in [5.41, 5.74) is 10.6. The number of aromatic nitrogens is 1. The third kappa shape index (κ3) is 5.56. The molecule has 1 aliphatic heterocycles. The normalized spacial score (nSPS) is 16.1. The van der Waals surface area contributed by atoms with Crippen LogP contribution in [-0.2, 0) is 9.84 Å². The van der Waals surface area contributed by atoms with Gasteiger partial charge in [-0.3, -0.25) is 5.73 Å². The Kier molecular flexibility index (Phi) is 6.59. The Morgan fingerprint density at radius 2 is 1.69 bits per heavy atom. The highest BCUT2D eigenvalue weighted by atomic mass is 32.2. The Balaban J connectivity index is 1.45. The fraction of sp³-hybridized carbons (Fsp3) is 0.261. The molecule has 0 bridgehead atoms. The van der Waals surface area contributed by atoms with Crippen LogP contribution in [-0.4, -0.2) is 52.1 Å². The third-order valence-corrected chi connectivity index (χ3v) is 6.44. The Morgan fingerprint density at radius 1 is 1.00 bits per heavy atom. The number of rotatable bonds is 6. The summed E-state index contributed by atoms with van der Waals surface area (Å²) in [6.07, 6.45) is 0.569. The SMILES string of the molecule is CS(=O)(=O)c1ccc(-c2ccc/c(=N/C(N)Nc3ccc(N4CCNCC4)cc3)[nH]2)cc1. The van der Waals surface area contributed by atoms with Crippen molar-refractivity contribution in [2.45, 2.75) is 11.2 Å². The fourth-order valence-electron chi connectivity index (χ4n) is 3.63. The average molecular weight is 453 g/mol. The molecule has 5 N–H and O–H groups in total. The van der Waals surface area contributed by atoms with Gasteiger partial charge in [0.15, 0.2) is 16.1 Å². The van der Waals surface area contributed by atoms with Crippen LogP contribution in [0.2, 0.25) is 0 Å². The Bertz CT molecular complexity index is 1210. The molecule has 0 saturated carbocycles. The number of nitrogens with zero attached hydrogens (tertiary/aromatic N) is 2. The summed E-state index contributed by atoms with van der Waals surface area (Å²) in [4.78, 5) is 10.4. The zero-order valence-corrected chi connectivity index (χ0v) is 18.8. The zero-order chi connectivity index (χ0) is 22.6. The van der Waals surface area contributed by atoms with Crippen molar-refractivity contribution in [3.8, 4) is 11.3 Å². The van der Waals surface area contributed by atoms with Crippen molar-refractivity contribution >= 4 is 21.2 Å². The molecule has 1 fully saturated rings. The highest BCUT2D eigenvalue weighted by Crippen LogP contribution is 2.19. The summed E-state index contributed by atoms with van der Waals surface area (Å²) in [5.74, 6) is 0. The standard InChI is InChI=1S/C23H28N6O2S/c1-32(30,31)20-11-5-17(6-12-20)21-3-2-4-22(27-21)28-23(24)26-18-7-9-19(10-8-18)29-15-13-25-14-16-29/h2-12,23,25-26H,13-16,24H2,1H3,(H,27,28). The van der Waals surface area contributed by atoms with Crippen molar-refractivity contribution in [3.05, 3.63) is 72.2 Å². The lowest BCUT2D eigenvalue weighted by atomic mass is 10.1. The molecule has 1 unspecified atom stereocenters. The number of piperazine rings is 1. The predicted molar refractivity (Wildman–Crippen MR) is 128 cm³/mol. The molecule has 0 aliphatic carbocycles. The van der Waals surface area contributed by atoms with Gasteiger partial charge >= 0.3 is 0 Å². The summed E-state index contributed by atoms with van der Waals surface area (Å²) in [7, 11) is -3.22. The summed E-state index contributed by atoms with van der Waals surface area (Å²) in [5, 5.41) is 6.56. The molecular formula is C23H28N6O2S. The van der Waals surface area contributed by atoms with Crippen molar-refractivity contribution in [2.75, 3.05) is 42.7 Å². The first-order valence-electron chi connectivity index (χ1n) is 10.5. The van der Waals surface area contributed by atoms with Gasteiger partial charge in [0, 0.05) is 49.5 Å². The van der Waals surface area contributed by atoms with Gasteiger partial charge < -0.3 is 20.5 Å². The van der Waals surface area contributed by atoms with Gasteiger partial charge in [-0.1, -0.05) is 18.2 Å². The Morgan fingerprint density at radius 3 is 2.34 bits per heavy atom. The monoisotopic (exact) mass is 452 g/mol. The second-order valence-electron chi connectivity index (χ2n) is 7.75. The van der Waals surface area contributed by atoms with Crippen LogP contribution >= 0.6 is 0 Å². The molecule has 8 nitrogen and oxygen atoms in total. The summed E-state index contributed by atoms with van der Waals surface area (Å²) in [6.45, 7) is 4.01. The van der Waals surface area contributed by atoms with E-state index in [0.29, 0.717) is 5.49 Å². The van der Waals surface area contributed by atoms with E-state index >= 15 is 0 Å². The fourth-order valence-corrected chi connectivity index (χ4v) is 4.26. The minimum atomic E-state index is -3.22. The van der Waals surface area contributed by atoms with Crippen molar-refractivity contribution in [3.63, 3.8) is 0 Å². The van der Waals surface area contributed by atoms with Crippen molar-refractivity contribution in [1.29, 1.82) is 0 Å². The maximum atomic E-state index is 11.7. The number of H-pyrrole nitrogens is 1. The van der Waals surface area contributed by atoms with Crippen LogP contribution in [0.5, 0.6) is 0 Å². The van der Waals surface area contributed by atoms with Gasteiger partial charge in [-0.15, -0.1) is 0 Å². The summed E-state index contributed by atoms with van der Waals surface area (Å²) < 4.78 is 23.3. The molecule has 1 saturated heterocycles. The Hall–Kier alpha value is -3.14. The lowest BCUT2D eigenvalue weighted by Crippen LogP contribution is -2.43. The highest BCUT2D eigenvalue weighted by Gasteiger charge is 2.10. The first kappa shape index (κ1) is 22.1. The predicted octanol–water partition coefficient (Wildman–Crippen LogP) is 1.75. The number of nitrogens with one attached hydrogen (secondary N) is 3. The summed E-state index contributed by atoms with van der Waals surface area (Å²) >= 11 is 0. The molecule has 0 radical (unpaired) electrons. The smallest absolute Gasteiger partial charge is 0.175 e. The minimum Gasteiger partial charge on any atom is -0.369 e. The molecule has 2 heterocycles. The van der Waals surface area contributed by atoms with Gasteiger partial charge in [-0.25, -0.2) is 13.4 Å². The quantitative estimate of drug-likeness (QED) is 0.424. The van der Waals surface area contributed by atoms with Crippen LogP contribution in [0.15, 0.2) is 76.6 Å². The molecule has 1 atom stereocenters. The maximum absolute atomic E-state index is 11.7. The van der Waals surface area contributed by atoms with Crippen LogP contribution in [0, 0.1) is 0 Å². The van der Waals surface area contributed by atoms with E-state index in [0.717, 1.165) is 43.1 Å². The number of hydrogen-bond acceptors (Lipinski definition) is 7. The number of benzene rings is 2. The molecule has 0 spiro atoms. The zero-order valence-electron chi connectivity index (χ0n) is 18.0. The topological polar surface area (TPSA) is 116 Å². The van der Waals surface area contributed by atoms with E-state index in [1.165, 1.54) is 11.9 Å². The molecule has 3 aromatic rings. The molecule has 32 heavy (non-hydrogen) atoms. The van der Waals surface area contributed by atoms with Crippen LogP contribution in [0.4, 0.5) is 11.4 Å². The van der Waals surface area contributed by atoms with Crippen LogP contribution in [0.25, 0.3) is 11.3 Å². The second kappa shape index (κ2) is 9.56. The molecule has 4 rings (SSSR count). The highest BCUT2D eigenvalue weighted by molar-refractivity contribution is 7.90. The van der Waals surface area contributed by atoms with E-state index in [1.54, 1.807) is 24.3 Å². The Labute approximate surface area is 188 Å². The molecule has 2 aromatic carbocycles. The van der Waals surface area contributed by atoms with Crippen molar-refractivity contribution in [2.24, 2.45) is 10.7 Å². The second-order valence-corrected chi connectivity index (χ2v) is 9.76. The maximum Gasteiger partial charge on any atom is 0.175 e. The number of anilines is 2. The summed E-state index contributed by atoms with van der Waals surface area (Å²) in [6, 6.07) is 20.6. The number of pyridine rings is 1. The largest absolute Gasteiger partial charge is 0.369 e. The molecule has 168 valence electrons. The van der Waals surface area contributed by atoms with Gasteiger partial charge in [-0.2, -0.15) is 0 Å². The van der Waals surface area contributed by atoms with E-state index < -0.39 is 16.1 Å². The van der Waals surface area contributed by atoms with E-state index in [9.17, 15) is 8.42 Å². The van der Waals surface area contributed by atoms with E-state index in [4.69, 9.17) is 5.73 Å². The molecule has 1 aliphatic rings. The van der Waals surface area contributed by atoms with E-state index in [-0.39, 0.29) is 4.90 Å². The van der Waals surface area contributed by atoms with Crippen molar-refractivity contribution in [1.82, 2.24) is 10.3 Å². The molecule has 9 heteroatoms. The number of nitrogens with two attached hydrogens (primary N) is 1. The molecule has 0 amide bonds. The van der Waals surface area contributed by atoms with E-state index in [2.05, 4.69) is 37.6 Å². The van der Waals surface area contributed by atoms with Crippen LogP contribution in [0.3, 0.4) is 0 Å². The lowest BCUT2D eigenvalue weighted by molar-refractivity contribution is 0.589. The van der Waals surface area contributed by atoms with Gasteiger partial charge in [-0.05, 0) is 54.1 Å². The first-order chi connectivity index (χ1) is 15.4. The minimum absolute atomic E-state index is 0.288. The van der Waals surface area contributed by atoms with Gasteiger partial charge in [0.1, 0.15) is 5.49 Å². The molecule has 1 aromatic heterocycles. The van der Waals surface area contributed by atoms with Crippen LogP contribution < -0.4 is 26.8 Å². The number of hydrogen-bond donors (Lipinski definition) is 4. The average Bonchev–Trinajstić information content (AvgIpc) is 2.80. The van der Waals surface area contributed by atoms with Crippen LogP contribution in [0.1, 0.15) is 0 Å². The van der Waals surface area contributed by atoms with E-state index in [1.807, 2.05) is 30.3 Å². The van der Waals surface area contributed by atoms with Gasteiger partial charge in [0.05, 0.1) is 4.90 Å². The molecular weight excluding hydrogens is 424 g/mol. The van der Waals surface area contributed by atoms with Crippen molar-refractivity contribution < 1.29 is 8.42 Å². The lowest BCUT2D eigenvalue weighted by Gasteiger charge is -2.29. The number of sulfone groups is 1. The van der Waals surface area contributed by atoms with Gasteiger partial charge in [0.25, 0.3) is 0 Å². The van der Waals surface area contributed by atoms with Gasteiger partial charge in [0.2, 0.25) is 0 Å².